The molecule has 24 heavy (non-hydrogen) atoms. The molecule has 2 aliphatic heterocycles. The summed E-state index contributed by atoms with van der Waals surface area (Å²) < 4.78 is 23.8. The molecule has 4 saturated carbocycles. The van der Waals surface area contributed by atoms with Crippen LogP contribution in [0, 0.1) is 17.8 Å². The highest BCUT2D eigenvalue weighted by Crippen LogP contribution is 2.55. The minimum absolute atomic E-state index is 0.00843. The maximum absolute atomic E-state index is 6.15. The van der Waals surface area contributed by atoms with Crippen LogP contribution in [-0.4, -0.2) is 49.6 Å². The van der Waals surface area contributed by atoms with Crippen LogP contribution in [0.3, 0.4) is 0 Å². The minimum atomic E-state index is -0.579. The van der Waals surface area contributed by atoms with Gasteiger partial charge in [0.1, 0.15) is 18.3 Å². The zero-order valence-corrected chi connectivity index (χ0v) is 15.1. The van der Waals surface area contributed by atoms with Gasteiger partial charge in [-0.2, -0.15) is 0 Å². The van der Waals surface area contributed by atoms with Crippen LogP contribution >= 0.6 is 0 Å². The molecule has 4 unspecified atom stereocenters. The Morgan fingerprint density at radius 2 is 1.62 bits per heavy atom. The van der Waals surface area contributed by atoms with Gasteiger partial charge in [-0.15, -0.1) is 0 Å². The van der Waals surface area contributed by atoms with Crippen LogP contribution in [0.25, 0.3) is 0 Å². The van der Waals surface area contributed by atoms with Crippen LogP contribution in [0.2, 0.25) is 0 Å². The molecular formula is C19H31NO4. The fourth-order valence-corrected chi connectivity index (χ4v) is 6.64. The Balaban J connectivity index is 1.25. The van der Waals surface area contributed by atoms with Crippen molar-refractivity contribution in [2.24, 2.45) is 17.8 Å². The molecule has 2 heterocycles. The second kappa shape index (κ2) is 5.40. The largest absolute Gasteiger partial charge is 0.376 e. The van der Waals surface area contributed by atoms with E-state index in [-0.39, 0.29) is 24.6 Å². The van der Waals surface area contributed by atoms with Gasteiger partial charge in [-0.25, -0.2) is 0 Å². The normalized spacial score (nSPS) is 54.4. The molecule has 1 N–H and O–H groups in total. The SMILES string of the molecule is COC1C(CNC23CC4CC(CC(C4)C2)C3)OC2OC(C)(C)OC21. The zero-order valence-electron chi connectivity index (χ0n) is 15.1. The molecule has 0 spiro atoms. The molecule has 0 radical (unpaired) electrons. The Morgan fingerprint density at radius 1 is 1.00 bits per heavy atom. The van der Waals surface area contributed by atoms with Gasteiger partial charge in [0.15, 0.2) is 12.1 Å². The highest BCUT2D eigenvalue weighted by Gasteiger charge is 2.56. The first-order chi connectivity index (χ1) is 11.5. The smallest absolute Gasteiger partial charge is 0.190 e. The van der Waals surface area contributed by atoms with Crippen molar-refractivity contribution in [3.8, 4) is 0 Å². The number of hydrogen-bond donors (Lipinski definition) is 1. The molecule has 4 bridgehead atoms. The van der Waals surface area contributed by atoms with Crippen molar-refractivity contribution in [2.45, 2.75) is 88.3 Å². The third-order valence-corrected chi connectivity index (χ3v) is 7.08. The van der Waals surface area contributed by atoms with Crippen LogP contribution in [0.5, 0.6) is 0 Å². The van der Waals surface area contributed by atoms with Crippen molar-refractivity contribution in [1.29, 1.82) is 0 Å². The molecule has 0 aromatic heterocycles. The average Bonchev–Trinajstić information content (AvgIpc) is 2.94. The monoisotopic (exact) mass is 337 g/mol. The summed E-state index contributed by atoms with van der Waals surface area (Å²) in [4.78, 5) is 0. The molecule has 6 rings (SSSR count). The Labute approximate surface area is 144 Å². The van der Waals surface area contributed by atoms with E-state index in [2.05, 4.69) is 5.32 Å². The quantitative estimate of drug-likeness (QED) is 0.854. The molecule has 4 atom stereocenters. The second-order valence-electron chi connectivity index (χ2n) is 9.42. The zero-order chi connectivity index (χ0) is 16.5. The van der Waals surface area contributed by atoms with E-state index in [0.717, 1.165) is 24.3 Å². The van der Waals surface area contributed by atoms with E-state index < -0.39 is 5.79 Å². The van der Waals surface area contributed by atoms with E-state index >= 15 is 0 Å². The molecule has 136 valence electrons. The second-order valence-corrected chi connectivity index (χ2v) is 9.42. The van der Waals surface area contributed by atoms with Crippen LogP contribution in [0.15, 0.2) is 0 Å². The Hall–Kier alpha value is -0.200. The average molecular weight is 337 g/mol. The molecule has 0 aromatic rings. The molecule has 4 aliphatic carbocycles. The van der Waals surface area contributed by atoms with Crippen molar-refractivity contribution in [3.63, 3.8) is 0 Å². The third kappa shape index (κ3) is 2.55. The first kappa shape index (κ1) is 16.0. The maximum atomic E-state index is 6.15. The molecular weight excluding hydrogens is 306 g/mol. The number of fused-ring (bicyclic) bond motifs is 1. The number of rotatable bonds is 4. The first-order valence-corrected chi connectivity index (χ1v) is 9.74. The van der Waals surface area contributed by atoms with E-state index in [1.807, 2.05) is 13.8 Å². The summed E-state index contributed by atoms with van der Waals surface area (Å²) in [6.07, 6.45) is 8.03. The fraction of sp³-hybridized carbons (Fsp3) is 1.00. The summed E-state index contributed by atoms with van der Waals surface area (Å²) in [7, 11) is 1.75. The summed E-state index contributed by atoms with van der Waals surface area (Å²) in [6, 6.07) is 0. The van der Waals surface area contributed by atoms with Crippen LogP contribution in [-0.2, 0) is 18.9 Å². The predicted molar refractivity (Wildman–Crippen MR) is 88.4 cm³/mol. The number of nitrogens with one attached hydrogen (secondary N) is 1. The summed E-state index contributed by atoms with van der Waals surface area (Å²) >= 11 is 0. The van der Waals surface area contributed by atoms with Crippen LogP contribution < -0.4 is 5.32 Å². The Kier molecular flexibility index (Phi) is 3.60. The lowest BCUT2D eigenvalue weighted by atomic mass is 9.53. The molecule has 6 aliphatic rings. The molecule has 0 amide bonds. The van der Waals surface area contributed by atoms with Gasteiger partial charge in [-0.05, 0) is 70.1 Å². The predicted octanol–water partition coefficient (Wildman–Crippen LogP) is 2.44. The van der Waals surface area contributed by atoms with Gasteiger partial charge < -0.3 is 24.3 Å². The highest BCUT2D eigenvalue weighted by molar-refractivity contribution is 5.07. The number of ether oxygens (including phenoxy) is 4. The maximum Gasteiger partial charge on any atom is 0.190 e. The third-order valence-electron chi connectivity index (χ3n) is 7.08. The van der Waals surface area contributed by atoms with E-state index in [0.29, 0.717) is 5.54 Å². The molecule has 5 heteroatoms. The lowest BCUT2D eigenvalue weighted by molar-refractivity contribution is -0.216. The minimum Gasteiger partial charge on any atom is -0.376 e. The Morgan fingerprint density at radius 3 is 2.21 bits per heavy atom. The highest BCUT2D eigenvalue weighted by atomic mass is 16.8. The van der Waals surface area contributed by atoms with Gasteiger partial charge in [0.2, 0.25) is 0 Å². The molecule has 2 saturated heterocycles. The van der Waals surface area contributed by atoms with Crippen molar-refractivity contribution >= 4 is 0 Å². The van der Waals surface area contributed by atoms with Crippen LogP contribution in [0.1, 0.15) is 52.4 Å². The van der Waals surface area contributed by atoms with E-state index in [4.69, 9.17) is 18.9 Å². The Bertz CT molecular complexity index is 472. The lowest BCUT2D eigenvalue weighted by Gasteiger charge is -2.57. The topological polar surface area (TPSA) is 49.0 Å². The van der Waals surface area contributed by atoms with Crippen molar-refractivity contribution < 1.29 is 18.9 Å². The standard InChI is InChI=1S/C19H31NO4/c1-18(2)23-16-15(21-3)14(22-17(16)24-18)10-20-19-7-11-4-12(8-19)6-13(5-11)9-19/h11-17,20H,4-10H2,1-3H3. The van der Waals surface area contributed by atoms with Crippen molar-refractivity contribution in [1.82, 2.24) is 5.32 Å². The number of hydrogen-bond acceptors (Lipinski definition) is 5. The van der Waals surface area contributed by atoms with Gasteiger partial charge in [-0.3, -0.25) is 0 Å². The van der Waals surface area contributed by atoms with E-state index in [1.54, 1.807) is 7.11 Å². The summed E-state index contributed by atoms with van der Waals surface area (Å²) in [5.74, 6) is 2.29. The van der Waals surface area contributed by atoms with Gasteiger partial charge in [0.25, 0.3) is 0 Å². The summed E-state index contributed by atoms with van der Waals surface area (Å²) in [5, 5.41) is 3.93. The van der Waals surface area contributed by atoms with Gasteiger partial charge in [-0.1, -0.05) is 0 Å². The lowest BCUT2D eigenvalue weighted by Crippen LogP contribution is -2.60. The van der Waals surface area contributed by atoms with E-state index in [1.165, 1.54) is 38.5 Å². The van der Waals surface area contributed by atoms with Crippen molar-refractivity contribution in [3.05, 3.63) is 0 Å². The van der Waals surface area contributed by atoms with Gasteiger partial charge in [0, 0.05) is 19.2 Å². The van der Waals surface area contributed by atoms with Gasteiger partial charge >= 0.3 is 0 Å². The summed E-state index contributed by atoms with van der Waals surface area (Å²) in [5.41, 5.74) is 0.356. The fourth-order valence-electron chi connectivity index (χ4n) is 6.64. The molecule has 0 aromatic carbocycles. The molecule has 6 fully saturated rings. The first-order valence-electron chi connectivity index (χ1n) is 9.74. The summed E-state index contributed by atoms with van der Waals surface area (Å²) in [6.45, 7) is 4.71. The van der Waals surface area contributed by atoms with E-state index in [9.17, 15) is 0 Å². The van der Waals surface area contributed by atoms with Crippen molar-refractivity contribution in [2.75, 3.05) is 13.7 Å². The van der Waals surface area contributed by atoms with Gasteiger partial charge in [0.05, 0.1) is 0 Å². The molecule has 5 nitrogen and oxygen atoms in total. The number of methoxy groups -OCH3 is 1. The van der Waals surface area contributed by atoms with Crippen LogP contribution in [0.4, 0.5) is 0 Å².